The molecule has 0 spiro atoms. The molecule has 1 aliphatic heterocycles. The van der Waals surface area contributed by atoms with E-state index in [2.05, 4.69) is 35.1 Å². The minimum atomic E-state index is -0.276. The van der Waals surface area contributed by atoms with Gasteiger partial charge in [0.2, 0.25) is 5.91 Å². The highest BCUT2D eigenvalue weighted by Gasteiger charge is 2.41. The second kappa shape index (κ2) is 6.48. The summed E-state index contributed by atoms with van der Waals surface area (Å²) in [6, 6.07) is 3.67. The first kappa shape index (κ1) is 18.0. The number of nitrogens with one attached hydrogen (secondary N) is 1. The van der Waals surface area contributed by atoms with Crippen LogP contribution in [0.5, 0.6) is 11.5 Å². The SMILES string of the molecule is COc1cc(Br)c([C@@H]2CC(=O)NC3=C2C(=O)CC(C)(C)C3)cc1OC. The van der Waals surface area contributed by atoms with Crippen LogP contribution in [0.2, 0.25) is 0 Å². The van der Waals surface area contributed by atoms with Crippen LogP contribution in [0, 0.1) is 5.41 Å². The van der Waals surface area contributed by atoms with Gasteiger partial charge in [0.1, 0.15) is 0 Å². The van der Waals surface area contributed by atoms with E-state index in [0.29, 0.717) is 24.3 Å². The molecule has 0 fully saturated rings. The Morgan fingerprint density at radius 3 is 2.40 bits per heavy atom. The lowest BCUT2D eigenvalue weighted by atomic mass is 9.70. The second-order valence-corrected chi connectivity index (χ2v) is 8.22. The normalized spacial score (nSPS) is 22.4. The summed E-state index contributed by atoms with van der Waals surface area (Å²) in [7, 11) is 3.15. The van der Waals surface area contributed by atoms with E-state index in [9.17, 15) is 9.59 Å². The minimum Gasteiger partial charge on any atom is -0.493 e. The molecule has 134 valence electrons. The molecule has 0 saturated heterocycles. The molecule has 2 aliphatic rings. The lowest BCUT2D eigenvalue weighted by Gasteiger charge is -2.38. The van der Waals surface area contributed by atoms with E-state index in [0.717, 1.165) is 21.3 Å². The number of rotatable bonds is 3. The summed E-state index contributed by atoms with van der Waals surface area (Å²) in [5.41, 5.74) is 2.23. The number of allylic oxidation sites excluding steroid dienone is 2. The van der Waals surface area contributed by atoms with Crippen LogP contribution < -0.4 is 14.8 Å². The van der Waals surface area contributed by atoms with Gasteiger partial charge in [-0.2, -0.15) is 0 Å². The number of ether oxygens (including phenoxy) is 2. The molecule has 1 aliphatic carbocycles. The van der Waals surface area contributed by atoms with Crippen LogP contribution in [0.15, 0.2) is 27.9 Å². The Labute approximate surface area is 155 Å². The number of halogens is 1. The first-order valence-electron chi connectivity index (χ1n) is 8.23. The van der Waals surface area contributed by atoms with Gasteiger partial charge < -0.3 is 14.8 Å². The number of Topliss-reactive ketones (excluding diaryl/α,β-unsaturated/α-hetero) is 1. The molecular formula is C19H22BrNO4. The molecule has 5 nitrogen and oxygen atoms in total. The predicted molar refractivity (Wildman–Crippen MR) is 97.8 cm³/mol. The minimum absolute atomic E-state index is 0.0593. The maximum absolute atomic E-state index is 12.8. The molecule has 0 radical (unpaired) electrons. The fraction of sp³-hybridized carbons (Fsp3) is 0.474. The Balaban J connectivity index is 2.13. The fourth-order valence-electron chi connectivity index (χ4n) is 3.76. The van der Waals surface area contributed by atoms with E-state index < -0.39 is 0 Å². The second-order valence-electron chi connectivity index (χ2n) is 7.37. The number of hydrogen-bond donors (Lipinski definition) is 1. The zero-order chi connectivity index (χ0) is 18.4. The Hall–Kier alpha value is -1.82. The molecule has 1 heterocycles. The third-order valence-electron chi connectivity index (χ3n) is 4.83. The van der Waals surface area contributed by atoms with Crippen molar-refractivity contribution in [1.82, 2.24) is 5.32 Å². The van der Waals surface area contributed by atoms with Gasteiger partial charge in [0, 0.05) is 34.5 Å². The van der Waals surface area contributed by atoms with Gasteiger partial charge in [-0.15, -0.1) is 0 Å². The molecule has 0 unspecified atom stereocenters. The lowest BCUT2D eigenvalue weighted by Crippen LogP contribution is -2.40. The highest BCUT2D eigenvalue weighted by Crippen LogP contribution is 2.47. The molecule has 1 amide bonds. The van der Waals surface area contributed by atoms with Crippen LogP contribution in [0.25, 0.3) is 0 Å². The summed E-state index contributed by atoms with van der Waals surface area (Å²) >= 11 is 3.56. The van der Waals surface area contributed by atoms with Gasteiger partial charge in [-0.1, -0.05) is 29.8 Å². The Morgan fingerprint density at radius 1 is 1.12 bits per heavy atom. The lowest BCUT2D eigenvalue weighted by molar-refractivity contribution is -0.122. The molecule has 6 heteroatoms. The molecule has 0 aromatic heterocycles. The molecule has 1 atom stereocenters. The molecule has 25 heavy (non-hydrogen) atoms. The van der Waals surface area contributed by atoms with E-state index in [-0.39, 0.29) is 29.4 Å². The first-order valence-corrected chi connectivity index (χ1v) is 9.02. The van der Waals surface area contributed by atoms with Crippen molar-refractivity contribution in [2.45, 2.75) is 39.0 Å². The maximum Gasteiger partial charge on any atom is 0.225 e. The standard InChI is InChI=1S/C19H22BrNO4/c1-19(2)8-13-18(14(22)9-19)11(6-17(23)21-13)10-5-15(24-3)16(25-4)7-12(10)20/h5,7,11H,6,8-9H2,1-4H3,(H,21,23)/t11-/m0/s1. The van der Waals surface area contributed by atoms with Gasteiger partial charge in [0.05, 0.1) is 14.2 Å². The highest BCUT2D eigenvalue weighted by atomic mass is 79.9. The van der Waals surface area contributed by atoms with Gasteiger partial charge in [0.15, 0.2) is 17.3 Å². The fourth-order valence-corrected chi connectivity index (χ4v) is 4.36. The van der Waals surface area contributed by atoms with Crippen molar-refractivity contribution in [2.24, 2.45) is 5.41 Å². The Kier molecular flexibility index (Phi) is 4.66. The van der Waals surface area contributed by atoms with Crippen LogP contribution in [0.1, 0.15) is 44.6 Å². The summed E-state index contributed by atoms with van der Waals surface area (Å²) in [6.07, 6.45) is 1.43. The average Bonchev–Trinajstić information content (AvgIpc) is 2.51. The third kappa shape index (κ3) is 3.32. The largest absolute Gasteiger partial charge is 0.493 e. The molecule has 3 rings (SSSR count). The van der Waals surface area contributed by atoms with Crippen molar-refractivity contribution < 1.29 is 19.1 Å². The molecular weight excluding hydrogens is 386 g/mol. The van der Waals surface area contributed by atoms with E-state index in [1.807, 2.05) is 12.1 Å². The van der Waals surface area contributed by atoms with Crippen molar-refractivity contribution >= 4 is 27.6 Å². The number of ketones is 1. The Bertz CT molecular complexity index is 782. The summed E-state index contributed by atoms with van der Waals surface area (Å²) in [5, 5.41) is 2.92. The summed E-state index contributed by atoms with van der Waals surface area (Å²) in [4.78, 5) is 25.1. The smallest absolute Gasteiger partial charge is 0.225 e. The van der Waals surface area contributed by atoms with Crippen LogP contribution in [-0.2, 0) is 9.59 Å². The van der Waals surface area contributed by atoms with Crippen molar-refractivity contribution in [1.29, 1.82) is 0 Å². The van der Waals surface area contributed by atoms with Crippen LogP contribution in [-0.4, -0.2) is 25.9 Å². The van der Waals surface area contributed by atoms with Crippen LogP contribution in [0.4, 0.5) is 0 Å². The van der Waals surface area contributed by atoms with Gasteiger partial charge in [0.25, 0.3) is 0 Å². The number of amides is 1. The summed E-state index contributed by atoms with van der Waals surface area (Å²) in [5.74, 6) is 0.955. The van der Waals surface area contributed by atoms with Gasteiger partial charge >= 0.3 is 0 Å². The number of hydrogen-bond acceptors (Lipinski definition) is 4. The molecule has 0 bridgehead atoms. The third-order valence-corrected chi connectivity index (χ3v) is 5.51. The zero-order valence-corrected chi connectivity index (χ0v) is 16.5. The van der Waals surface area contributed by atoms with E-state index >= 15 is 0 Å². The van der Waals surface area contributed by atoms with Crippen LogP contribution in [0.3, 0.4) is 0 Å². The highest BCUT2D eigenvalue weighted by molar-refractivity contribution is 9.10. The monoisotopic (exact) mass is 407 g/mol. The van der Waals surface area contributed by atoms with E-state index in [1.165, 1.54) is 0 Å². The number of benzene rings is 1. The average molecular weight is 408 g/mol. The summed E-state index contributed by atoms with van der Waals surface area (Å²) < 4.78 is 11.5. The van der Waals surface area contributed by atoms with Crippen molar-refractivity contribution in [3.05, 3.63) is 33.4 Å². The number of carbonyl (C=O) groups is 2. The summed E-state index contributed by atoms with van der Waals surface area (Å²) in [6.45, 7) is 4.10. The van der Waals surface area contributed by atoms with Gasteiger partial charge in [-0.3, -0.25) is 9.59 Å². The maximum atomic E-state index is 12.8. The zero-order valence-electron chi connectivity index (χ0n) is 14.9. The first-order chi connectivity index (χ1) is 11.8. The molecule has 1 N–H and O–H groups in total. The van der Waals surface area contributed by atoms with Crippen molar-refractivity contribution in [2.75, 3.05) is 14.2 Å². The van der Waals surface area contributed by atoms with E-state index in [4.69, 9.17) is 9.47 Å². The van der Waals surface area contributed by atoms with Crippen molar-refractivity contribution in [3.8, 4) is 11.5 Å². The molecule has 0 saturated carbocycles. The van der Waals surface area contributed by atoms with Gasteiger partial charge in [-0.25, -0.2) is 0 Å². The molecule has 1 aromatic carbocycles. The topological polar surface area (TPSA) is 64.6 Å². The number of methoxy groups -OCH3 is 2. The molecule has 1 aromatic rings. The van der Waals surface area contributed by atoms with Crippen LogP contribution >= 0.6 is 15.9 Å². The predicted octanol–water partition coefficient (Wildman–Crippen LogP) is 3.71. The van der Waals surface area contributed by atoms with Crippen molar-refractivity contribution in [3.63, 3.8) is 0 Å². The Morgan fingerprint density at radius 2 is 1.76 bits per heavy atom. The number of carbonyl (C=O) groups excluding carboxylic acids is 2. The van der Waals surface area contributed by atoms with Gasteiger partial charge in [-0.05, 0) is 29.5 Å². The quantitative estimate of drug-likeness (QED) is 0.828. The van der Waals surface area contributed by atoms with E-state index in [1.54, 1.807) is 14.2 Å².